The molecule has 2 aromatic heterocycles. The summed E-state index contributed by atoms with van der Waals surface area (Å²) in [4.78, 5) is 4.00. The molecule has 0 radical (unpaired) electrons. The van der Waals surface area contributed by atoms with Gasteiger partial charge in [0.15, 0.2) is 0 Å². The smallest absolute Gasteiger partial charge is 0.134 e. The van der Waals surface area contributed by atoms with E-state index in [1.165, 1.54) is 0 Å². The molecule has 3 rings (SSSR count). The van der Waals surface area contributed by atoms with Crippen molar-refractivity contribution in [1.29, 1.82) is 0 Å². The summed E-state index contributed by atoms with van der Waals surface area (Å²) in [6.45, 7) is 2.00. The SMILES string of the molecule is CC(c1ccncc1)C(O)c1coc2ccccc12. The van der Waals surface area contributed by atoms with E-state index >= 15 is 0 Å². The monoisotopic (exact) mass is 253 g/mol. The number of nitrogens with zero attached hydrogens (tertiary/aromatic N) is 1. The zero-order chi connectivity index (χ0) is 13.2. The molecule has 0 fully saturated rings. The van der Waals surface area contributed by atoms with Gasteiger partial charge in [0.05, 0.1) is 12.4 Å². The Labute approximate surface area is 111 Å². The molecule has 0 aliphatic rings. The van der Waals surface area contributed by atoms with Gasteiger partial charge in [0, 0.05) is 29.3 Å². The fourth-order valence-electron chi connectivity index (χ4n) is 2.35. The van der Waals surface area contributed by atoms with E-state index in [0.717, 1.165) is 22.1 Å². The third-order valence-electron chi connectivity index (χ3n) is 3.54. The van der Waals surface area contributed by atoms with Crippen LogP contribution in [0.2, 0.25) is 0 Å². The summed E-state index contributed by atoms with van der Waals surface area (Å²) >= 11 is 0. The number of fused-ring (bicyclic) bond motifs is 1. The third kappa shape index (κ3) is 2.13. The standard InChI is InChI=1S/C16H15NO2/c1-11(12-6-8-17-9-7-12)16(18)14-10-19-15-5-3-2-4-13(14)15/h2-11,16,18H,1H3. The van der Waals surface area contributed by atoms with Crippen LogP contribution in [0.4, 0.5) is 0 Å². The fourth-order valence-corrected chi connectivity index (χ4v) is 2.35. The molecule has 2 unspecified atom stereocenters. The van der Waals surface area contributed by atoms with E-state index in [4.69, 9.17) is 4.42 Å². The minimum absolute atomic E-state index is 0.0102. The minimum atomic E-state index is -0.592. The quantitative estimate of drug-likeness (QED) is 0.774. The topological polar surface area (TPSA) is 46.3 Å². The van der Waals surface area contributed by atoms with Gasteiger partial charge in [0.2, 0.25) is 0 Å². The number of hydrogen-bond donors (Lipinski definition) is 1. The van der Waals surface area contributed by atoms with Crippen molar-refractivity contribution in [2.45, 2.75) is 18.9 Å². The number of hydrogen-bond acceptors (Lipinski definition) is 3. The molecule has 0 amide bonds. The summed E-state index contributed by atoms with van der Waals surface area (Å²) in [6.07, 6.45) is 4.54. The Morgan fingerprint density at radius 1 is 1.11 bits per heavy atom. The summed E-state index contributed by atoms with van der Waals surface area (Å²) in [5.41, 5.74) is 2.70. The van der Waals surface area contributed by atoms with E-state index in [1.807, 2.05) is 43.3 Å². The lowest BCUT2D eigenvalue weighted by Gasteiger charge is -2.18. The third-order valence-corrected chi connectivity index (χ3v) is 3.54. The molecular weight excluding hydrogens is 238 g/mol. The van der Waals surface area contributed by atoms with Crippen molar-refractivity contribution in [1.82, 2.24) is 4.98 Å². The van der Waals surface area contributed by atoms with Gasteiger partial charge in [0.1, 0.15) is 5.58 Å². The van der Waals surface area contributed by atoms with Gasteiger partial charge in [-0.25, -0.2) is 0 Å². The van der Waals surface area contributed by atoms with Crippen LogP contribution in [0, 0.1) is 0 Å². The molecule has 0 bridgehead atoms. The van der Waals surface area contributed by atoms with E-state index in [2.05, 4.69) is 4.98 Å². The second kappa shape index (κ2) is 4.86. The molecule has 2 heterocycles. The van der Waals surface area contributed by atoms with Gasteiger partial charge >= 0.3 is 0 Å². The maximum atomic E-state index is 10.5. The van der Waals surface area contributed by atoms with Crippen LogP contribution < -0.4 is 0 Å². The van der Waals surface area contributed by atoms with Crippen LogP contribution in [-0.2, 0) is 0 Å². The molecule has 0 saturated heterocycles. The summed E-state index contributed by atoms with van der Waals surface area (Å²) in [6, 6.07) is 11.6. The highest BCUT2D eigenvalue weighted by molar-refractivity contribution is 5.81. The lowest BCUT2D eigenvalue weighted by Crippen LogP contribution is -2.07. The zero-order valence-corrected chi connectivity index (χ0v) is 10.7. The van der Waals surface area contributed by atoms with Crippen LogP contribution in [0.15, 0.2) is 59.5 Å². The Morgan fingerprint density at radius 3 is 2.63 bits per heavy atom. The molecule has 3 nitrogen and oxygen atoms in total. The summed E-state index contributed by atoms with van der Waals surface area (Å²) in [5.74, 6) is -0.0102. The van der Waals surface area contributed by atoms with Crippen LogP contribution in [-0.4, -0.2) is 10.1 Å². The number of aliphatic hydroxyl groups is 1. The Kier molecular flexibility index (Phi) is 3.05. The Hall–Kier alpha value is -2.13. The van der Waals surface area contributed by atoms with Gasteiger partial charge in [-0.05, 0) is 23.8 Å². The first-order valence-corrected chi connectivity index (χ1v) is 6.31. The van der Waals surface area contributed by atoms with Crippen molar-refractivity contribution in [2.75, 3.05) is 0 Å². The molecule has 96 valence electrons. The van der Waals surface area contributed by atoms with Crippen molar-refractivity contribution in [3.63, 3.8) is 0 Å². The second-order valence-electron chi connectivity index (χ2n) is 4.70. The van der Waals surface area contributed by atoms with E-state index in [0.29, 0.717) is 0 Å². The van der Waals surface area contributed by atoms with Gasteiger partial charge in [-0.1, -0.05) is 25.1 Å². The van der Waals surface area contributed by atoms with Gasteiger partial charge < -0.3 is 9.52 Å². The molecule has 19 heavy (non-hydrogen) atoms. The van der Waals surface area contributed by atoms with Crippen molar-refractivity contribution in [3.05, 3.63) is 66.2 Å². The van der Waals surface area contributed by atoms with Crippen LogP contribution in [0.5, 0.6) is 0 Å². The second-order valence-corrected chi connectivity index (χ2v) is 4.70. The predicted octanol–water partition coefficient (Wildman–Crippen LogP) is 3.66. The van der Waals surface area contributed by atoms with Crippen LogP contribution >= 0.6 is 0 Å². The minimum Gasteiger partial charge on any atom is -0.464 e. The Morgan fingerprint density at radius 2 is 1.84 bits per heavy atom. The van der Waals surface area contributed by atoms with Crippen LogP contribution in [0.25, 0.3) is 11.0 Å². The van der Waals surface area contributed by atoms with Crippen molar-refractivity contribution in [2.24, 2.45) is 0 Å². The first-order chi connectivity index (χ1) is 9.27. The predicted molar refractivity (Wildman–Crippen MR) is 73.8 cm³/mol. The first kappa shape index (κ1) is 11.9. The molecule has 0 spiro atoms. The lowest BCUT2D eigenvalue weighted by atomic mass is 9.91. The van der Waals surface area contributed by atoms with Crippen molar-refractivity contribution >= 4 is 11.0 Å². The van der Waals surface area contributed by atoms with Gasteiger partial charge in [-0.3, -0.25) is 4.98 Å². The van der Waals surface area contributed by atoms with E-state index < -0.39 is 6.10 Å². The highest BCUT2D eigenvalue weighted by atomic mass is 16.3. The van der Waals surface area contributed by atoms with Crippen LogP contribution in [0.3, 0.4) is 0 Å². The molecule has 2 atom stereocenters. The summed E-state index contributed by atoms with van der Waals surface area (Å²) in [5, 5.41) is 11.5. The largest absolute Gasteiger partial charge is 0.464 e. The summed E-state index contributed by atoms with van der Waals surface area (Å²) < 4.78 is 5.48. The zero-order valence-electron chi connectivity index (χ0n) is 10.7. The number of aliphatic hydroxyl groups excluding tert-OH is 1. The first-order valence-electron chi connectivity index (χ1n) is 6.31. The number of furan rings is 1. The fraction of sp³-hybridized carbons (Fsp3) is 0.188. The average molecular weight is 253 g/mol. The molecular formula is C16H15NO2. The number of pyridine rings is 1. The number of para-hydroxylation sites is 1. The number of aromatic nitrogens is 1. The lowest BCUT2D eigenvalue weighted by molar-refractivity contribution is 0.152. The molecule has 0 saturated carbocycles. The molecule has 3 aromatic rings. The maximum Gasteiger partial charge on any atom is 0.134 e. The Bertz CT molecular complexity index is 675. The van der Waals surface area contributed by atoms with E-state index in [-0.39, 0.29) is 5.92 Å². The van der Waals surface area contributed by atoms with Gasteiger partial charge in [-0.2, -0.15) is 0 Å². The Balaban J connectivity index is 1.98. The van der Waals surface area contributed by atoms with Crippen molar-refractivity contribution in [3.8, 4) is 0 Å². The average Bonchev–Trinajstić information content (AvgIpc) is 2.90. The van der Waals surface area contributed by atoms with E-state index in [9.17, 15) is 5.11 Å². The maximum absolute atomic E-state index is 10.5. The highest BCUT2D eigenvalue weighted by Crippen LogP contribution is 2.35. The summed E-state index contributed by atoms with van der Waals surface area (Å²) in [7, 11) is 0. The molecule has 0 aliphatic carbocycles. The molecule has 1 N–H and O–H groups in total. The van der Waals surface area contributed by atoms with Crippen LogP contribution in [0.1, 0.15) is 30.1 Å². The number of benzene rings is 1. The molecule has 0 aliphatic heterocycles. The van der Waals surface area contributed by atoms with Gasteiger partial charge in [0.25, 0.3) is 0 Å². The van der Waals surface area contributed by atoms with Crippen molar-refractivity contribution < 1.29 is 9.52 Å². The normalized spacial score (nSPS) is 14.4. The molecule has 3 heteroatoms. The van der Waals surface area contributed by atoms with Gasteiger partial charge in [-0.15, -0.1) is 0 Å². The van der Waals surface area contributed by atoms with E-state index in [1.54, 1.807) is 18.7 Å². The molecule has 1 aromatic carbocycles. The number of rotatable bonds is 3. The highest BCUT2D eigenvalue weighted by Gasteiger charge is 2.21.